The molecule has 1 fully saturated rings. The van der Waals surface area contributed by atoms with Crippen LogP contribution in [0.4, 0.5) is 5.69 Å². The zero-order valence-corrected chi connectivity index (χ0v) is 13.0. The maximum atomic E-state index is 11.2. The van der Waals surface area contributed by atoms with E-state index >= 15 is 0 Å². The highest BCUT2D eigenvalue weighted by Gasteiger charge is 2.24. The summed E-state index contributed by atoms with van der Waals surface area (Å²) >= 11 is 5.13. The molecule has 4 N–H and O–H groups in total. The van der Waals surface area contributed by atoms with Gasteiger partial charge in [-0.1, -0.05) is 19.1 Å². The zero-order chi connectivity index (χ0) is 15.4. The summed E-state index contributed by atoms with van der Waals surface area (Å²) in [5.41, 5.74) is 12.3. The van der Waals surface area contributed by atoms with Crippen molar-refractivity contribution in [1.82, 2.24) is 9.88 Å². The smallest absolute Gasteiger partial charge is 0.267 e. The lowest BCUT2D eigenvalue weighted by Crippen LogP contribution is -2.53. The Balaban J connectivity index is 2.02. The van der Waals surface area contributed by atoms with E-state index in [0.29, 0.717) is 10.7 Å². The highest BCUT2D eigenvalue weighted by Crippen LogP contribution is 2.18. The van der Waals surface area contributed by atoms with Gasteiger partial charge in [-0.3, -0.25) is 14.7 Å². The van der Waals surface area contributed by atoms with Crippen LogP contribution in [0.25, 0.3) is 0 Å². The van der Waals surface area contributed by atoms with Gasteiger partial charge in [-0.25, -0.2) is 0 Å². The van der Waals surface area contributed by atoms with Crippen LogP contribution >= 0.6 is 12.2 Å². The summed E-state index contributed by atoms with van der Waals surface area (Å²) in [4.78, 5) is 20.3. The topological polar surface area (TPSA) is 88.5 Å². The number of nitrogens with zero attached hydrogens (tertiary/aromatic N) is 3. The molecule has 0 bridgehead atoms. The largest absolute Gasteiger partial charge is 0.392 e. The van der Waals surface area contributed by atoms with Crippen LogP contribution < -0.4 is 16.4 Å². The molecule has 0 aliphatic carbocycles. The summed E-state index contributed by atoms with van der Waals surface area (Å²) < 4.78 is 0. The average molecular weight is 307 g/mol. The van der Waals surface area contributed by atoms with Gasteiger partial charge >= 0.3 is 0 Å². The lowest BCUT2D eigenvalue weighted by Gasteiger charge is -2.39. The molecule has 1 aromatic rings. The van der Waals surface area contributed by atoms with Gasteiger partial charge in [0, 0.05) is 38.1 Å². The van der Waals surface area contributed by atoms with Crippen molar-refractivity contribution in [3.8, 4) is 0 Å². The van der Waals surface area contributed by atoms with Crippen LogP contribution in [0, 0.1) is 0 Å². The molecular weight excluding hydrogens is 286 g/mol. The van der Waals surface area contributed by atoms with Crippen LogP contribution in [0.2, 0.25) is 0 Å². The maximum Gasteiger partial charge on any atom is 0.267 e. The first-order valence-corrected chi connectivity index (χ1v) is 7.48. The molecule has 1 unspecified atom stereocenters. The molecule has 0 saturated carbocycles. The minimum absolute atomic E-state index is 0.167. The lowest BCUT2D eigenvalue weighted by atomic mass is 10.1. The predicted octanol–water partition coefficient (Wildman–Crippen LogP) is 0.367. The quantitative estimate of drug-likeness (QED) is 0.764. The van der Waals surface area contributed by atoms with Crippen molar-refractivity contribution in [3.63, 3.8) is 0 Å². The Bertz CT molecular complexity index is 528. The fraction of sp³-hybridized carbons (Fsp3) is 0.500. The molecule has 0 radical (unpaired) electrons. The van der Waals surface area contributed by atoms with E-state index in [1.807, 2.05) is 6.07 Å². The monoisotopic (exact) mass is 307 g/mol. The Kier molecular flexibility index (Phi) is 5.08. The molecule has 1 aliphatic heterocycles. The maximum absolute atomic E-state index is 11.2. The predicted molar refractivity (Wildman–Crippen MR) is 87.4 cm³/mol. The molecule has 7 heteroatoms. The summed E-state index contributed by atoms with van der Waals surface area (Å²) in [6, 6.07) is 3.80. The fourth-order valence-electron chi connectivity index (χ4n) is 2.68. The number of hydrogen-bond donors (Lipinski definition) is 2. The van der Waals surface area contributed by atoms with E-state index in [1.54, 1.807) is 12.3 Å². The van der Waals surface area contributed by atoms with E-state index in [0.717, 1.165) is 38.3 Å². The van der Waals surface area contributed by atoms with E-state index in [1.165, 1.54) is 0 Å². The molecule has 1 amide bonds. The normalized spacial score (nSPS) is 17.5. The van der Waals surface area contributed by atoms with Crippen LogP contribution in [0.15, 0.2) is 18.3 Å². The highest BCUT2D eigenvalue weighted by molar-refractivity contribution is 7.80. The van der Waals surface area contributed by atoms with Crippen LogP contribution in [-0.2, 0) is 0 Å². The Morgan fingerprint density at radius 2 is 2.05 bits per heavy atom. The molecule has 0 aromatic carbocycles. The Hall–Kier alpha value is -1.73. The first-order chi connectivity index (χ1) is 10.0. The number of pyridine rings is 1. The molecule has 1 aliphatic rings. The van der Waals surface area contributed by atoms with Gasteiger partial charge in [0.15, 0.2) is 0 Å². The first kappa shape index (κ1) is 15.7. The van der Waals surface area contributed by atoms with Gasteiger partial charge in [0.1, 0.15) is 5.69 Å². The van der Waals surface area contributed by atoms with E-state index in [9.17, 15) is 4.79 Å². The van der Waals surface area contributed by atoms with Gasteiger partial charge in [-0.15, -0.1) is 0 Å². The van der Waals surface area contributed by atoms with Gasteiger partial charge in [0.2, 0.25) is 0 Å². The number of hydrogen-bond acceptors (Lipinski definition) is 5. The molecule has 21 heavy (non-hydrogen) atoms. The Morgan fingerprint density at radius 3 is 2.57 bits per heavy atom. The fourth-order valence-corrected chi connectivity index (χ4v) is 3.00. The van der Waals surface area contributed by atoms with E-state index < -0.39 is 5.91 Å². The van der Waals surface area contributed by atoms with Crippen LogP contribution in [0.3, 0.4) is 0 Å². The summed E-state index contributed by atoms with van der Waals surface area (Å²) in [7, 11) is 0. The Morgan fingerprint density at radius 1 is 1.38 bits per heavy atom. The number of carbonyl (C=O) groups excluding carboxylic acids is 1. The molecule has 2 heterocycles. The second kappa shape index (κ2) is 6.82. The third kappa shape index (κ3) is 3.68. The highest BCUT2D eigenvalue weighted by atomic mass is 32.1. The summed E-state index contributed by atoms with van der Waals surface area (Å²) in [5, 5.41) is 0. The van der Waals surface area contributed by atoms with Crippen molar-refractivity contribution < 1.29 is 4.79 Å². The SMILES string of the molecule is CCC(C(N)=S)N1CCN(c2ccnc(C(N)=O)c2)CC1. The van der Waals surface area contributed by atoms with Gasteiger partial charge in [-0.05, 0) is 18.6 Å². The van der Waals surface area contributed by atoms with Gasteiger partial charge in [0.05, 0.1) is 11.0 Å². The van der Waals surface area contributed by atoms with E-state index in [2.05, 4.69) is 21.7 Å². The average Bonchev–Trinajstić information content (AvgIpc) is 2.48. The second-order valence-electron chi connectivity index (χ2n) is 5.11. The van der Waals surface area contributed by atoms with E-state index in [-0.39, 0.29) is 6.04 Å². The third-order valence-corrected chi connectivity index (χ3v) is 4.10. The van der Waals surface area contributed by atoms with Crippen LogP contribution in [0.5, 0.6) is 0 Å². The summed E-state index contributed by atoms with van der Waals surface area (Å²) in [6.07, 6.45) is 2.54. The third-order valence-electron chi connectivity index (χ3n) is 3.83. The summed E-state index contributed by atoms with van der Waals surface area (Å²) in [6.45, 7) is 5.61. The lowest BCUT2D eigenvalue weighted by molar-refractivity contribution is 0.0995. The number of rotatable bonds is 5. The number of thiocarbonyl (C=S) groups is 1. The zero-order valence-electron chi connectivity index (χ0n) is 12.2. The van der Waals surface area contributed by atoms with Crippen molar-refractivity contribution in [2.24, 2.45) is 11.5 Å². The molecule has 114 valence electrons. The van der Waals surface area contributed by atoms with Gasteiger partial charge in [-0.2, -0.15) is 0 Å². The van der Waals surface area contributed by atoms with Crippen molar-refractivity contribution in [2.45, 2.75) is 19.4 Å². The molecular formula is C14H21N5OS. The molecule has 1 saturated heterocycles. The number of carbonyl (C=O) groups is 1. The molecule has 6 nitrogen and oxygen atoms in total. The first-order valence-electron chi connectivity index (χ1n) is 7.07. The molecule has 2 rings (SSSR count). The van der Waals surface area contributed by atoms with Crippen molar-refractivity contribution in [2.75, 3.05) is 31.1 Å². The molecule has 0 spiro atoms. The minimum Gasteiger partial charge on any atom is -0.392 e. The summed E-state index contributed by atoms with van der Waals surface area (Å²) in [5.74, 6) is -0.505. The number of nitrogens with two attached hydrogens (primary N) is 2. The number of primary amides is 1. The molecule has 1 aromatic heterocycles. The number of aromatic nitrogens is 1. The Labute approximate surface area is 130 Å². The number of amides is 1. The van der Waals surface area contributed by atoms with Gasteiger partial charge in [0.25, 0.3) is 5.91 Å². The van der Waals surface area contributed by atoms with Gasteiger partial charge < -0.3 is 16.4 Å². The van der Waals surface area contributed by atoms with Crippen LogP contribution in [0.1, 0.15) is 23.8 Å². The van der Waals surface area contributed by atoms with Crippen molar-refractivity contribution in [1.29, 1.82) is 0 Å². The number of anilines is 1. The molecule has 1 atom stereocenters. The van der Waals surface area contributed by atoms with Crippen molar-refractivity contribution >= 4 is 28.8 Å². The van der Waals surface area contributed by atoms with Crippen LogP contribution in [-0.4, -0.2) is 53.0 Å². The van der Waals surface area contributed by atoms with E-state index in [4.69, 9.17) is 23.7 Å². The number of piperazine rings is 1. The minimum atomic E-state index is -0.505. The standard InChI is InChI=1S/C14H21N5OS/c1-2-12(14(16)21)19-7-5-18(6-8-19)10-3-4-17-11(9-10)13(15)20/h3-4,9,12H,2,5-8H2,1H3,(H2,15,20)(H2,16,21). The second-order valence-corrected chi connectivity index (χ2v) is 5.58. The van der Waals surface area contributed by atoms with Crippen molar-refractivity contribution in [3.05, 3.63) is 24.0 Å².